The molecule has 19 heavy (non-hydrogen) atoms. The number of amides is 1. The molecule has 0 aliphatic rings. The number of hydrogen-bond donors (Lipinski definition) is 1. The molecule has 0 saturated heterocycles. The second kappa shape index (κ2) is 5.63. The van der Waals surface area contributed by atoms with Gasteiger partial charge in [0, 0.05) is 10.0 Å². The Morgan fingerprint density at radius 2 is 1.95 bits per heavy atom. The predicted octanol–water partition coefficient (Wildman–Crippen LogP) is 4.30. The van der Waals surface area contributed by atoms with E-state index in [-0.39, 0.29) is 0 Å². The normalized spacial score (nSPS) is 10.3. The van der Waals surface area contributed by atoms with E-state index in [0.717, 1.165) is 10.0 Å². The van der Waals surface area contributed by atoms with Gasteiger partial charge in [-0.2, -0.15) is 0 Å². The number of carbonyl (C=O) groups excluding carboxylic acids is 1. The Morgan fingerprint density at radius 1 is 1.21 bits per heavy atom. The zero-order chi connectivity index (χ0) is 14.0. The molecule has 1 amide bonds. The van der Waals surface area contributed by atoms with E-state index >= 15 is 0 Å². The number of nitrogens with two attached hydrogens (primary N) is 1. The van der Waals surface area contributed by atoms with Crippen LogP contribution < -0.4 is 10.5 Å². The van der Waals surface area contributed by atoms with Gasteiger partial charge in [-0.25, -0.2) is 0 Å². The van der Waals surface area contributed by atoms with Gasteiger partial charge in [0.05, 0.1) is 5.02 Å². The number of halogens is 2. The largest absolute Gasteiger partial charge is 0.455 e. The molecule has 0 aliphatic carbocycles. The van der Waals surface area contributed by atoms with Crippen molar-refractivity contribution in [1.29, 1.82) is 0 Å². The first-order valence-electron chi connectivity index (χ1n) is 5.51. The van der Waals surface area contributed by atoms with Crippen LogP contribution in [-0.2, 0) is 0 Å². The third-order valence-corrected chi connectivity index (χ3v) is 3.38. The molecule has 2 rings (SSSR count). The first-order valence-corrected chi connectivity index (χ1v) is 6.68. The SMILES string of the molecule is Cc1ccc(Br)cc1Oc1ccc(C(N)=O)cc1Cl. The topological polar surface area (TPSA) is 52.3 Å². The Morgan fingerprint density at radius 3 is 2.58 bits per heavy atom. The molecule has 0 aliphatic heterocycles. The van der Waals surface area contributed by atoms with Crippen molar-refractivity contribution in [2.45, 2.75) is 6.92 Å². The van der Waals surface area contributed by atoms with E-state index in [2.05, 4.69) is 15.9 Å². The summed E-state index contributed by atoms with van der Waals surface area (Å²) in [4.78, 5) is 11.0. The lowest BCUT2D eigenvalue weighted by Crippen LogP contribution is -2.10. The van der Waals surface area contributed by atoms with Crippen molar-refractivity contribution < 1.29 is 9.53 Å². The maximum atomic E-state index is 11.0. The lowest BCUT2D eigenvalue weighted by Gasteiger charge is -2.11. The van der Waals surface area contributed by atoms with Crippen LogP contribution in [0.4, 0.5) is 0 Å². The molecule has 0 saturated carbocycles. The fraction of sp³-hybridized carbons (Fsp3) is 0.0714. The lowest BCUT2D eigenvalue weighted by atomic mass is 10.2. The average molecular weight is 341 g/mol. The number of primary amides is 1. The number of hydrogen-bond acceptors (Lipinski definition) is 2. The highest BCUT2D eigenvalue weighted by Gasteiger charge is 2.09. The fourth-order valence-corrected chi connectivity index (χ4v) is 2.10. The number of benzene rings is 2. The van der Waals surface area contributed by atoms with Crippen molar-refractivity contribution in [1.82, 2.24) is 0 Å². The van der Waals surface area contributed by atoms with Crippen LogP contribution in [-0.4, -0.2) is 5.91 Å². The van der Waals surface area contributed by atoms with Crippen molar-refractivity contribution in [3.8, 4) is 11.5 Å². The minimum Gasteiger partial charge on any atom is -0.455 e. The molecule has 0 aromatic heterocycles. The predicted molar refractivity (Wildman–Crippen MR) is 78.9 cm³/mol. The standard InChI is InChI=1S/C14H11BrClNO2/c1-8-2-4-10(15)7-13(8)19-12-5-3-9(14(17)18)6-11(12)16/h2-7H,1H3,(H2,17,18). The molecule has 0 unspecified atom stereocenters. The van der Waals surface area contributed by atoms with Crippen LogP contribution in [0.2, 0.25) is 5.02 Å². The van der Waals surface area contributed by atoms with Gasteiger partial charge in [0.15, 0.2) is 0 Å². The summed E-state index contributed by atoms with van der Waals surface area (Å²) < 4.78 is 6.66. The van der Waals surface area contributed by atoms with E-state index in [1.807, 2.05) is 25.1 Å². The molecule has 2 N–H and O–H groups in total. The van der Waals surface area contributed by atoms with Gasteiger partial charge in [-0.3, -0.25) is 4.79 Å². The molecule has 0 heterocycles. The van der Waals surface area contributed by atoms with Crippen LogP contribution in [0.1, 0.15) is 15.9 Å². The van der Waals surface area contributed by atoms with Gasteiger partial charge in [-0.15, -0.1) is 0 Å². The Kier molecular flexibility index (Phi) is 4.12. The highest BCUT2D eigenvalue weighted by atomic mass is 79.9. The minimum atomic E-state index is -0.521. The third kappa shape index (κ3) is 3.28. The molecule has 2 aromatic carbocycles. The molecular weight excluding hydrogens is 330 g/mol. The van der Waals surface area contributed by atoms with Crippen molar-refractivity contribution in [2.75, 3.05) is 0 Å². The molecule has 3 nitrogen and oxygen atoms in total. The zero-order valence-corrected chi connectivity index (χ0v) is 12.5. The molecule has 0 fully saturated rings. The first kappa shape index (κ1) is 13.9. The van der Waals surface area contributed by atoms with Gasteiger partial charge < -0.3 is 10.5 Å². The summed E-state index contributed by atoms with van der Waals surface area (Å²) in [7, 11) is 0. The van der Waals surface area contributed by atoms with Gasteiger partial charge >= 0.3 is 0 Å². The quantitative estimate of drug-likeness (QED) is 0.905. The van der Waals surface area contributed by atoms with Gasteiger partial charge in [0.2, 0.25) is 5.91 Å². The van der Waals surface area contributed by atoms with Crippen molar-refractivity contribution in [3.63, 3.8) is 0 Å². The summed E-state index contributed by atoms with van der Waals surface area (Å²) in [6, 6.07) is 10.4. The van der Waals surface area contributed by atoms with Gasteiger partial charge in [-0.1, -0.05) is 33.6 Å². The summed E-state index contributed by atoms with van der Waals surface area (Å²) in [5, 5.41) is 0.343. The summed E-state index contributed by atoms with van der Waals surface area (Å²) >= 11 is 9.46. The third-order valence-electron chi connectivity index (χ3n) is 2.59. The number of rotatable bonds is 3. The fourth-order valence-electron chi connectivity index (χ4n) is 1.54. The van der Waals surface area contributed by atoms with E-state index in [9.17, 15) is 4.79 Å². The monoisotopic (exact) mass is 339 g/mol. The van der Waals surface area contributed by atoms with E-state index in [0.29, 0.717) is 22.1 Å². The van der Waals surface area contributed by atoms with Crippen molar-refractivity contribution in [2.24, 2.45) is 5.73 Å². The zero-order valence-electron chi connectivity index (χ0n) is 10.1. The average Bonchev–Trinajstić information content (AvgIpc) is 2.36. The molecule has 0 bridgehead atoms. The van der Waals surface area contributed by atoms with E-state index in [1.165, 1.54) is 6.07 Å². The molecule has 0 spiro atoms. The maximum Gasteiger partial charge on any atom is 0.248 e. The molecule has 98 valence electrons. The number of aryl methyl sites for hydroxylation is 1. The molecule has 0 atom stereocenters. The summed E-state index contributed by atoms with van der Waals surface area (Å²) in [5.41, 5.74) is 6.52. The molecule has 5 heteroatoms. The van der Waals surface area contributed by atoms with Crippen molar-refractivity contribution >= 4 is 33.4 Å². The Bertz CT molecular complexity index is 643. The maximum absolute atomic E-state index is 11.0. The molecular formula is C14H11BrClNO2. The van der Waals surface area contributed by atoms with Gasteiger partial charge in [-0.05, 0) is 42.8 Å². The first-order chi connectivity index (χ1) is 8.97. The van der Waals surface area contributed by atoms with Gasteiger partial charge in [0.25, 0.3) is 0 Å². The lowest BCUT2D eigenvalue weighted by molar-refractivity contribution is 0.100. The minimum absolute atomic E-state index is 0.343. The van der Waals surface area contributed by atoms with E-state index in [1.54, 1.807) is 12.1 Å². The smallest absolute Gasteiger partial charge is 0.248 e. The molecule has 2 aromatic rings. The van der Waals surface area contributed by atoms with Crippen LogP contribution in [0, 0.1) is 6.92 Å². The summed E-state index contributed by atoms with van der Waals surface area (Å²) in [6.45, 7) is 1.94. The van der Waals surface area contributed by atoms with Gasteiger partial charge in [0.1, 0.15) is 11.5 Å². The number of ether oxygens (including phenoxy) is 1. The highest BCUT2D eigenvalue weighted by molar-refractivity contribution is 9.10. The highest BCUT2D eigenvalue weighted by Crippen LogP contribution is 2.33. The Hall–Kier alpha value is -1.52. The summed E-state index contributed by atoms with van der Waals surface area (Å²) in [6.07, 6.45) is 0. The number of carbonyl (C=O) groups is 1. The Labute approximate surface area is 124 Å². The second-order valence-electron chi connectivity index (χ2n) is 4.02. The van der Waals surface area contributed by atoms with E-state index < -0.39 is 5.91 Å². The van der Waals surface area contributed by atoms with E-state index in [4.69, 9.17) is 22.1 Å². The van der Waals surface area contributed by atoms with Crippen LogP contribution in [0.5, 0.6) is 11.5 Å². The van der Waals surface area contributed by atoms with Crippen LogP contribution in [0.15, 0.2) is 40.9 Å². The second-order valence-corrected chi connectivity index (χ2v) is 5.34. The van der Waals surface area contributed by atoms with Crippen LogP contribution >= 0.6 is 27.5 Å². The summed E-state index contributed by atoms with van der Waals surface area (Å²) in [5.74, 6) is 0.656. The Balaban J connectivity index is 2.33. The van der Waals surface area contributed by atoms with Crippen molar-refractivity contribution in [3.05, 3.63) is 57.0 Å². The van der Waals surface area contributed by atoms with Crippen LogP contribution in [0.25, 0.3) is 0 Å². The van der Waals surface area contributed by atoms with Crippen LogP contribution in [0.3, 0.4) is 0 Å². The molecule has 0 radical (unpaired) electrons.